The third kappa shape index (κ3) is 1.06. The van der Waals surface area contributed by atoms with Crippen LogP contribution in [0.3, 0.4) is 0 Å². The van der Waals surface area contributed by atoms with Gasteiger partial charge in [-0.05, 0) is 17.8 Å². The third-order valence-electron chi connectivity index (χ3n) is 3.00. The molecule has 0 aromatic heterocycles. The van der Waals surface area contributed by atoms with Crippen LogP contribution in [-0.2, 0) is 4.74 Å². The van der Waals surface area contributed by atoms with Crippen molar-refractivity contribution in [1.29, 1.82) is 0 Å². The first-order chi connectivity index (χ1) is 5.74. The first kappa shape index (κ1) is 7.86. The molecule has 1 aliphatic heterocycles. The molecule has 68 valence electrons. The van der Waals surface area contributed by atoms with E-state index in [1.807, 2.05) is 0 Å². The molecule has 12 heavy (non-hydrogen) atoms. The molecule has 2 fully saturated rings. The molecule has 0 spiro atoms. The van der Waals surface area contributed by atoms with E-state index in [2.05, 4.69) is 0 Å². The maximum atomic E-state index is 10.5. The molecule has 1 saturated carbocycles. The number of carbonyl (C=O) groups is 1. The molecule has 0 aromatic carbocycles. The molecule has 2 rings (SSSR count). The van der Waals surface area contributed by atoms with Gasteiger partial charge in [0.25, 0.3) is 0 Å². The molecule has 1 saturated heterocycles. The number of carboxylic acid groups (broad SMARTS) is 1. The second-order valence-corrected chi connectivity index (χ2v) is 3.63. The highest BCUT2D eigenvalue weighted by molar-refractivity contribution is 5.65. The largest absolute Gasteiger partial charge is 0.465 e. The van der Waals surface area contributed by atoms with E-state index in [1.165, 1.54) is 4.90 Å². The van der Waals surface area contributed by atoms with Crippen molar-refractivity contribution in [2.45, 2.75) is 0 Å². The van der Waals surface area contributed by atoms with Gasteiger partial charge >= 0.3 is 6.09 Å². The highest BCUT2D eigenvalue weighted by Gasteiger charge is 2.56. The minimum atomic E-state index is -0.779. The summed E-state index contributed by atoms with van der Waals surface area (Å²) in [7, 11) is 1.70. The average Bonchev–Trinajstić information content (AvgIpc) is 2.51. The minimum absolute atomic E-state index is 0.584. The van der Waals surface area contributed by atoms with Gasteiger partial charge in [-0.3, -0.25) is 0 Å². The van der Waals surface area contributed by atoms with Gasteiger partial charge in [-0.25, -0.2) is 4.79 Å². The molecule has 4 nitrogen and oxygen atoms in total. The summed E-state index contributed by atoms with van der Waals surface area (Å²) in [5.74, 6) is 1.80. The molecule has 1 amide bonds. The van der Waals surface area contributed by atoms with Crippen LogP contribution in [0.25, 0.3) is 0 Å². The van der Waals surface area contributed by atoms with E-state index in [0.717, 1.165) is 6.61 Å². The van der Waals surface area contributed by atoms with Gasteiger partial charge in [0.15, 0.2) is 0 Å². The topological polar surface area (TPSA) is 49.8 Å². The molecule has 0 aromatic rings. The van der Waals surface area contributed by atoms with Gasteiger partial charge in [0.2, 0.25) is 0 Å². The molecule has 1 N–H and O–H groups in total. The van der Waals surface area contributed by atoms with E-state index in [-0.39, 0.29) is 0 Å². The van der Waals surface area contributed by atoms with Crippen LogP contribution in [0.2, 0.25) is 0 Å². The van der Waals surface area contributed by atoms with E-state index in [9.17, 15) is 4.79 Å². The van der Waals surface area contributed by atoms with Crippen LogP contribution >= 0.6 is 0 Å². The van der Waals surface area contributed by atoms with Gasteiger partial charge in [-0.1, -0.05) is 0 Å². The Morgan fingerprint density at radius 3 is 2.58 bits per heavy atom. The lowest BCUT2D eigenvalue weighted by Crippen LogP contribution is -2.30. The van der Waals surface area contributed by atoms with Crippen molar-refractivity contribution in [3.8, 4) is 0 Å². The smallest absolute Gasteiger partial charge is 0.407 e. The number of fused-ring (bicyclic) bond motifs is 1. The standard InChI is InChI=1S/C8H13NO3/c1-12-4-7-5-2-9(8(10)11)3-6(5)7/h5-7H,2-4H2,1H3,(H,10,11)/t5-,6+,7?. The summed E-state index contributed by atoms with van der Waals surface area (Å²) in [6, 6.07) is 0. The Morgan fingerprint density at radius 2 is 2.17 bits per heavy atom. The zero-order valence-electron chi connectivity index (χ0n) is 7.06. The minimum Gasteiger partial charge on any atom is -0.465 e. The number of likely N-dealkylation sites (tertiary alicyclic amines) is 1. The Balaban J connectivity index is 1.82. The third-order valence-corrected chi connectivity index (χ3v) is 3.00. The van der Waals surface area contributed by atoms with Crippen LogP contribution in [0, 0.1) is 17.8 Å². The van der Waals surface area contributed by atoms with E-state index < -0.39 is 6.09 Å². The molecule has 4 heteroatoms. The molecule has 2 aliphatic rings. The zero-order valence-corrected chi connectivity index (χ0v) is 7.06. The quantitative estimate of drug-likeness (QED) is 0.657. The number of ether oxygens (including phenoxy) is 1. The predicted molar refractivity (Wildman–Crippen MR) is 41.9 cm³/mol. The van der Waals surface area contributed by atoms with E-state index >= 15 is 0 Å². The van der Waals surface area contributed by atoms with Crippen molar-refractivity contribution in [2.75, 3.05) is 26.8 Å². The summed E-state index contributed by atoms with van der Waals surface area (Å²) < 4.78 is 5.03. The number of nitrogens with zero attached hydrogens (tertiary/aromatic N) is 1. The lowest BCUT2D eigenvalue weighted by molar-refractivity contribution is 0.136. The molecule has 3 atom stereocenters. The highest BCUT2D eigenvalue weighted by Crippen LogP contribution is 2.51. The van der Waals surface area contributed by atoms with Crippen LogP contribution in [0.15, 0.2) is 0 Å². The molecule has 0 radical (unpaired) electrons. The monoisotopic (exact) mass is 171 g/mol. The van der Waals surface area contributed by atoms with Gasteiger partial charge in [0.1, 0.15) is 0 Å². The van der Waals surface area contributed by atoms with Crippen LogP contribution in [0.4, 0.5) is 4.79 Å². The summed E-state index contributed by atoms with van der Waals surface area (Å²) in [6.45, 7) is 2.23. The fourth-order valence-corrected chi connectivity index (χ4v) is 2.25. The predicted octanol–water partition coefficient (Wildman–Crippen LogP) is 0.489. The van der Waals surface area contributed by atoms with Crippen molar-refractivity contribution < 1.29 is 14.6 Å². The summed E-state index contributed by atoms with van der Waals surface area (Å²) in [5, 5.41) is 8.66. The van der Waals surface area contributed by atoms with Crippen LogP contribution in [-0.4, -0.2) is 42.9 Å². The van der Waals surface area contributed by atoms with Gasteiger partial charge in [0, 0.05) is 26.8 Å². The summed E-state index contributed by atoms with van der Waals surface area (Å²) in [5.41, 5.74) is 0. The molecule has 0 bridgehead atoms. The first-order valence-corrected chi connectivity index (χ1v) is 4.21. The number of hydrogen-bond donors (Lipinski definition) is 1. The number of methoxy groups -OCH3 is 1. The van der Waals surface area contributed by atoms with Crippen molar-refractivity contribution in [3.05, 3.63) is 0 Å². The van der Waals surface area contributed by atoms with Crippen molar-refractivity contribution >= 4 is 6.09 Å². The van der Waals surface area contributed by atoms with Crippen molar-refractivity contribution in [3.63, 3.8) is 0 Å². The SMILES string of the molecule is COCC1[C@H]2CN(C(=O)O)C[C@@H]12. The van der Waals surface area contributed by atoms with Gasteiger partial charge in [-0.15, -0.1) is 0 Å². The van der Waals surface area contributed by atoms with Crippen LogP contribution in [0.1, 0.15) is 0 Å². The summed E-state index contributed by atoms with van der Waals surface area (Å²) >= 11 is 0. The normalized spacial score (nSPS) is 38.1. The van der Waals surface area contributed by atoms with Crippen LogP contribution < -0.4 is 0 Å². The van der Waals surface area contributed by atoms with E-state index in [1.54, 1.807) is 7.11 Å². The van der Waals surface area contributed by atoms with Gasteiger partial charge in [0.05, 0.1) is 0 Å². The van der Waals surface area contributed by atoms with E-state index in [4.69, 9.17) is 9.84 Å². The Bertz CT molecular complexity index is 194. The van der Waals surface area contributed by atoms with E-state index in [0.29, 0.717) is 30.8 Å². The second kappa shape index (κ2) is 2.62. The Kier molecular flexibility index (Phi) is 1.72. The fourth-order valence-electron chi connectivity index (χ4n) is 2.25. The zero-order chi connectivity index (χ0) is 8.72. The van der Waals surface area contributed by atoms with Crippen molar-refractivity contribution in [2.24, 2.45) is 17.8 Å². The summed E-state index contributed by atoms with van der Waals surface area (Å²) in [6.07, 6.45) is -0.779. The fraction of sp³-hybridized carbons (Fsp3) is 0.875. The molecule has 1 heterocycles. The molecular formula is C8H13NO3. The Hall–Kier alpha value is -0.770. The van der Waals surface area contributed by atoms with Gasteiger partial charge in [-0.2, -0.15) is 0 Å². The lowest BCUT2D eigenvalue weighted by atomic mass is 10.3. The number of hydrogen-bond acceptors (Lipinski definition) is 2. The summed E-state index contributed by atoms with van der Waals surface area (Å²) in [4.78, 5) is 12.0. The molecule has 1 aliphatic carbocycles. The Labute approximate surface area is 71.1 Å². The highest BCUT2D eigenvalue weighted by atomic mass is 16.5. The Morgan fingerprint density at radius 1 is 1.58 bits per heavy atom. The average molecular weight is 171 g/mol. The number of rotatable bonds is 2. The molecular weight excluding hydrogens is 158 g/mol. The maximum absolute atomic E-state index is 10.5. The first-order valence-electron chi connectivity index (χ1n) is 4.21. The van der Waals surface area contributed by atoms with Gasteiger partial charge < -0.3 is 14.7 Å². The number of amides is 1. The lowest BCUT2D eigenvalue weighted by Gasteiger charge is -2.15. The maximum Gasteiger partial charge on any atom is 0.407 e. The van der Waals surface area contributed by atoms with Crippen molar-refractivity contribution in [1.82, 2.24) is 4.90 Å². The second-order valence-electron chi connectivity index (χ2n) is 3.63. The number of piperidine rings is 1. The molecule has 1 unspecified atom stereocenters. The van der Waals surface area contributed by atoms with Crippen LogP contribution in [0.5, 0.6) is 0 Å².